The van der Waals surface area contributed by atoms with Crippen LogP contribution in [0.15, 0.2) is 18.2 Å². The lowest BCUT2D eigenvalue weighted by Gasteiger charge is -2.15. The molecule has 1 heterocycles. The Morgan fingerprint density at radius 2 is 2.20 bits per heavy atom. The quantitative estimate of drug-likeness (QED) is 0.793. The first kappa shape index (κ1) is 10.6. The normalized spacial score (nSPS) is 21.2. The van der Waals surface area contributed by atoms with E-state index in [0.717, 1.165) is 30.6 Å². The van der Waals surface area contributed by atoms with E-state index in [9.17, 15) is 8.78 Å². The lowest BCUT2D eigenvalue weighted by Crippen LogP contribution is -2.09. The van der Waals surface area contributed by atoms with Crippen molar-refractivity contribution in [1.29, 1.82) is 0 Å². The van der Waals surface area contributed by atoms with Crippen LogP contribution in [0.2, 0.25) is 0 Å². The van der Waals surface area contributed by atoms with Crippen molar-refractivity contribution in [2.45, 2.75) is 25.7 Å². The Labute approximate surface area is 88.5 Å². The highest BCUT2D eigenvalue weighted by molar-refractivity contribution is 5.35. The summed E-state index contributed by atoms with van der Waals surface area (Å²) in [5.41, 5.74) is 2.09. The van der Waals surface area contributed by atoms with Crippen LogP contribution in [0.25, 0.3) is 0 Å². The SMILES string of the molecule is Cc1ccc(C(F)F)c(C2CCNC2)c1. The minimum atomic E-state index is -2.36. The van der Waals surface area contributed by atoms with Crippen LogP contribution in [0.4, 0.5) is 8.78 Å². The van der Waals surface area contributed by atoms with Crippen molar-refractivity contribution in [2.24, 2.45) is 0 Å². The number of rotatable bonds is 2. The standard InChI is InChI=1S/C12H15F2N/c1-8-2-3-10(12(13)14)11(6-8)9-4-5-15-7-9/h2-3,6,9,12,15H,4-5,7H2,1H3. The maximum atomic E-state index is 12.8. The largest absolute Gasteiger partial charge is 0.316 e. The summed E-state index contributed by atoms with van der Waals surface area (Å²) in [5, 5.41) is 3.21. The van der Waals surface area contributed by atoms with E-state index >= 15 is 0 Å². The second-order valence-electron chi connectivity index (χ2n) is 4.12. The summed E-state index contributed by atoms with van der Waals surface area (Å²) in [6, 6.07) is 5.22. The number of hydrogen-bond acceptors (Lipinski definition) is 1. The molecule has 1 saturated heterocycles. The van der Waals surface area contributed by atoms with Gasteiger partial charge in [-0.1, -0.05) is 23.8 Å². The maximum Gasteiger partial charge on any atom is 0.264 e. The molecule has 1 aromatic carbocycles. The molecule has 0 saturated carbocycles. The van der Waals surface area contributed by atoms with E-state index in [1.165, 1.54) is 0 Å². The van der Waals surface area contributed by atoms with Crippen LogP contribution in [0, 0.1) is 6.92 Å². The van der Waals surface area contributed by atoms with Crippen molar-refractivity contribution in [3.8, 4) is 0 Å². The van der Waals surface area contributed by atoms with E-state index in [-0.39, 0.29) is 11.5 Å². The Morgan fingerprint density at radius 3 is 2.80 bits per heavy atom. The van der Waals surface area contributed by atoms with Crippen molar-refractivity contribution in [3.63, 3.8) is 0 Å². The zero-order valence-corrected chi connectivity index (χ0v) is 8.76. The molecule has 0 spiro atoms. The maximum absolute atomic E-state index is 12.8. The fraction of sp³-hybridized carbons (Fsp3) is 0.500. The number of aryl methyl sites for hydroxylation is 1. The summed E-state index contributed by atoms with van der Waals surface area (Å²) >= 11 is 0. The zero-order valence-electron chi connectivity index (χ0n) is 8.76. The Kier molecular flexibility index (Phi) is 3.00. The summed E-state index contributed by atoms with van der Waals surface area (Å²) in [6.45, 7) is 3.70. The number of alkyl halides is 2. The highest BCUT2D eigenvalue weighted by atomic mass is 19.3. The number of benzene rings is 1. The molecular formula is C12H15F2N. The predicted molar refractivity (Wildman–Crippen MR) is 56.4 cm³/mol. The zero-order chi connectivity index (χ0) is 10.8. The van der Waals surface area contributed by atoms with E-state index in [1.807, 2.05) is 13.0 Å². The van der Waals surface area contributed by atoms with Gasteiger partial charge in [0.25, 0.3) is 6.43 Å². The van der Waals surface area contributed by atoms with Gasteiger partial charge < -0.3 is 5.32 Å². The minimum Gasteiger partial charge on any atom is -0.316 e. The molecule has 1 atom stereocenters. The molecule has 1 N–H and O–H groups in total. The number of nitrogens with one attached hydrogen (secondary N) is 1. The van der Waals surface area contributed by atoms with Gasteiger partial charge in [-0.2, -0.15) is 0 Å². The average Bonchev–Trinajstić information content (AvgIpc) is 2.69. The third-order valence-corrected chi connectivity index (χ3v) is 2.98. The Hall–Kier alpha value is -0.960. The van der Waals surface area contributed by atoms with Crippen LogP contribution >= 0.6 is 0 Å². The van der Waals surface area contributed by atoms with E-state index in [1.54, 1.807) is 12.1 Å². The summed E-state index contributed by atoms with van der Waals surface area (Å²) < 4.78 is 25.6. The fourth-order valence-corrected chi connectivity index (χ4v) is 2.17. The Balaban J connectivity index is 2.37. The van der Waals surface area contributed by atoms with Crippen LogP contribution in [0.5, 0.6) is 0 Å². The summed E-state index contributed by atoms with van der Waals surface area (Å²) in [4.78, 5) is 0. The van der Waals surface area contributed by atoms with Gasteiger partial charge in [-0.25, -0.2) is 8.78 Å². The minimum absolute atomic E-state index is 0.203. The molecule has 1 fully saturated rings. The highest BCUT2D eigenvalue weighted by Gasteiger charge is 2.22. The van der Waals surface area contributed by atoms with Gasteiger partial charge in [0.2, 0.25) is 0 Å². The number of halogens is 2. The summed E-state index contributed by atoms with van der Waals surface area (Å²) in [6.07, 6.45) is -1.40. The monoisotopic (exact) mass is 211 g/mol. The molecule has 3 heteroatoms. The molecule has 1 aromatic rings. The van der Waals surface area contributed by atoms with Gasteiger partial charge in [-0.05, 0) is 31.4 Å². The van der Waals surface area contributed by atoms with E-state index in [4.69, 9.17) is 0 Å². The van der Waals surface area contributed by atoms with Gasteiger partial charge in [0.15, 0.2) is 0 Å². The van der Waals surface area contributed by atoms with Crippen LogP contribution in [-0.4, -0.2) is 13.1 Å². The predicted octanol–water partition coefficient (Wildman–Crippen LogP) is 3.01. The molecule has 1 nitrogen and oxygen atoms in total. The summed E-state index contributed by atoms with van der Waals surface area (Å²) in [7, 11) is 0. The second-order valence-corrected chi connectivity index (χ2v) is 4.12. The van der Waals surface area contributed by atoms with Crippen LogP contribution in [0.3, 0.4) is 0 Å². The molecule has 0 aliphatic carbocycles. The van der Waals surface area contributed by atoms with E-state index < -0.39 is 6.43 Å². The highest BCUT2D eigenvalue weighted by Crippen LogP contribution is 2.32. The molecule has 82 valence electrons. The molecule has 15 heavy (non-hydrogen) atoms. The van der Waals surface area contributed by atoms with Crippen LogP contribution in [0.1, 0.15) is 35.5 Å². The molecule has 2 rings (SSSR count). The molecule has 1 aliphatic rings. The van der Waals surface area contributed by atoms with Gasteiger partial charge in [-0.15, -0.1) is 0 Å². The lowest BCUT2D eigenvalue weighted by molar-refractivity contribution is 0.149. The van der Waals surface area contributed by atoms with E-state index in [0.29, 0.717) is 0 Å². The third-order valence-electron chi connectivity index (χ3n) is 2.98. The smallest absolute Gasteiger partial charge is 0.264 e. The topological polar surface area (TPSA) is 12.0 Å². The Morgan fingerprint density at radius 1 is 1.40 bits per heavy atom. The number of hydrogen-bond donors (Lipinski definition) is 1. The first-order valence-corrected chi connectivity index (χ1v) is 5.28. The first-order chi connectivity index (χ1) is 7.18. The molecule has 1 unspecified atom stereocenters. The van der Waals surface area contributed by atoms with Gasteiger partial charge in [0.1, 0.15) is 0 Å². The van der Waals surface area contributed by atoms with Gasteiger partial charge >= 0.3 is 0 Å². The molecule has 0 bridgehead atoms. The average molecular weight is 211 g/mol. The van der Waals surface area contributed by atoms with Crippen molar-refractivity contribution in [1.82, 2.24) is 5.32 Å². The first-order valence-electron chi connectivity index (χ1n) is 5.28. The van der Waals surface area contributed by atoms with Crippen molar-refractivity contribution < 1.29 is 8.78 Å². The van der Waals surface area contributed by atoms with Crippen LogP contribution < -0.4 is 5.32 Å². The lowest BCUT2D eigenvalue weighted by atomic mass is 9.92. The van der Waals surface area contributed by atoms with E-state index in [2.05, 4.69) is 5.32 Å². The molecule has 0 amide bonds. The third kappa shape index (κ3) is 2.17. The molecule has 0 radical (unpaired) electrons. The Bertz CT molecular complexity index is 343. The fourth-order valence-electron chi connectivity index (χ4n) is 2.17. The van der Waals surface area contributed by atoms with Crippen molar-refractivity contribution >= 4 is 0 Å². The van der Waals surface area contributed by atoms with Crippen molar-refractivity contribution in [2.75, 3.05) is 13.1 Å². The van der Waals surface area contributed by atoms with Crippen molar-refractivity contribution in [3.05, 3.63) is 34.9 Å². The molecule has 1 aliphatic heterocycles. The molecule has 0 aromatic heterocycles. The van der Waals surface area contributed by atoms with Gasteiger partial charge in [-0.3, -0.25) is 0 Å². The van der Waals surface area contributed by atoms with Gasteiger partial charge in [0.05, 0.1) is 0 Å². The second kappa shape index (κ2) is 4.27. The summed E-state index contributed by atoms with van der Waals surface area (Å²) in [5.74, 6) is 0.258. The van der Waals surface area contributed by atoms with Gasteiger partial charge in [0, 0.05) is 12.1 Å². The molecular weight excluding hydrogens is 196 g/mol. The van der Waals surface area contributed by atoms with Crippen LogP contribution in [-0.2, 0) is 0 Å².